The van der Waals surface area contributed by atoms with Gasteiger partial charge in [-0.15, -0.1) is 0 Å². The molecule has 0 unspecified atom stereocenters. The van der Waals surface area contributed by atoms with Crippen LogP contribution < -0.4 is 10.4 Å². The predicted octanol–water partition coefficient (Wildman–Crippen LogP) is 4.63. The highest BCUT2D eigenvalue weighted by atomic mass is 16.5. The van der Waals surface area contributed by atoms with Crippen molar-refractivity contribution in [1.29, 1.82) is 0 Å². The van der Waals surface area contributed by atoms with E-state index in [0.717, 1.165) is 38.6 Å². The summed E-state index contributed by atoms with van der Waals surface area (Å²) >= 11 is 0. The highest BCUT2D eigenvalue weighted by Gasteiger charge is 2.17. The smallest absolute Gasteiger partial charge is 0.344 e. The largest absolute Gasteiger partial charge is 0.497 e. The van der Waals surface area contributed by atoms with E-state index in [2.05, 4.69) is 0 Å². The van der Waals surface area contributed by atoms with Crippen LogP contribution in [0.5, 0.6) is 5.75 Å². The Balaban J connectivity index is 2.27. The van der Waals surface area contributed by atoms with Crippen LogP contribution in [0, 0.1) is 20.8 Å². The Bertz CT molecular complexity index is 1150. The van der Waals surface area contributed by atoms with Crippen LogP contribution >= 0.6 is 0 Å². The van der Waals surface area contributed by atoms with Crippen molar-refractivity contribution in [2.24, 2.45) is 0 Å². The first kappa shape index (κ1) is 13.9. The van der Waals surface area contributed by atoms with Crippen LogP contribution in [-0.2, 0) is 0 Å². The van der Waals surface area contributed by atoms with Crippen molar-refractivity contribution >= 4 is 32.7 Å². The van der Waals surface area contributed by atoms with Gasteiger partial charge in [0.2, 0.25) is 0 Å². The predicted molar refractivity (Wildman–Crippen MR) is 90.5 cm³/mol. The summed E-state index contributed by atoms with van der Waals surface area (Å²) in [6.45, 7) is 5.90. The maximum Gasteiger partial charge on any atom is 0.344 e. The van der Waals surface area contributed by atoms with E-state index in [1.807, 2.05) is 39.0 Å². The molecular weight excluding hydrogens is 292 g/mol. The average molecular weight is 308 g/mol. The summed E-state index contributed by atoms with van der Waals surface area (Å²) in [6.07, 6.45) is 0. The molecule has 0 bridgehead atoms. The lowest BCUT2D eigenvalue weighted by Crippen LogP contribution is -2.01. The van der Waals surface area contributed by atoms with Gasteiger partial charge in [-0.25, -0.2) is 4.79 Å². The molecule has 2 heterocycles. The fourth-order valence-electron chi connectivity index (χ4n) is 3.15. The van der Waals surface area contributed by atoms with Crippen molar-refractivity contribution < 1.29 is 13.6 Å². The molecule has 4 nitrogen and oxygen atoms in total. The summed E-state index contributed by atoms with van der Waals surface area (Å²) in [5.74, 6) is 1.52. The number of hydrogen-bond donors (Lipinski definition) is 0. The van der Waals surface area contributed by atoms with Crippen LogP contribution in [0.2, 0.25) is 0 Å². The van der Waals surface area contributed by atoms with Crippen LogP contribution in [0.1, 0.15) is 16.9 Å². The van der Waals surface area contributed by atoms with Gasteiger partial charge in [0.1, 0.15) is 22.7 Å². The number of hydrogen-bond acceptors (Lipinski definition) is 4. The van der Waals surface area contributed by atoms with Crippen LogP contribution in [0.25, 0.3) is 32.7 Å². The third kappa shape index (κ3) is 1.81. The third-order valence-electron chi connectivity index (χ3n) is 4.58. The van der Waals surface area contributed by atoms with Gasteiger partial charge < -0.3 is 13.6 Å². The van der Waals surface area contributed by atoms with E-state index in [4.69, 9.17) is 13.6 Å². The van der Waals surface area contributed by atoms with E-state index in [1.165, 1.54) is 0 Å². The van der Waals surface area contributed by atoms with Crippen molar-refractivity contribution in [3.8, 4) is 5.75 Å². The van der Waals surface area contributed by atoms with Crippen molar-refractivity contribution in [2.75, 3.05) is 7.11 Å². The van der Waals surface area contributed by atoms with Gasteiger partial charge in [-0.3, -0.25) is 0 Å². The molecule has 0 spiro atoms. The first-order valence-electron chi connectivity index (χ1n) is 7.45. The molecule has 4 rings (SSSR count). The summed E-state index contributed by atoms with van der Waals surface area (Å²) in [5, 5.41) is 3.35. The van der Waals surface area contributed by atoms with E-state index < -0.39 is 0 Å². The molecule has 4 heteroatoms. The van der Waals surface area contributed by atoms with E-state index in [9.17, 15) is 4.79 Å². The van der Waals surface area contributed by atoms with Crippen LogP contribution in [0.15, 0.2) is 37.9 Å². The topological polar surface area (TPSA) is 52.6 Å². The molecule has 0 amide bonds. The second-order valence-corrected chi connectivity index (χ2v) is 5.84. The summed E-state index contributed by atoms with van der Waals surface area (Å²) in [5.41, 5.74) is 2.95. The van der Waals surface area contributed by atoms with Crippen LogP contribution in [0.3, 0.4) is 0 Å². The van der Waals surface area contributed by atoms with Gasteiger partial charge in [0.25, 0.3) is 0 Å². The van der Waals surface area contributed by atoms with Gasteiger partial charge in [-0.05, 0) is 50.6 Å². The summed E-state index contributed by atoms with van der Waals surface area (Å²) < 4.78 is 16.6. The number of aryl methyl sites for hydroxylation is 3. The fraction of sp³-hybridized carbons (Fsp3) is 0.211. The maximum absolute atomic E-state index is 12.4. The summed E-state index contributed by atoms with van der Waals surface area (Å²) in [7, 11) is 1.58. The quantitative estimate of drug-likeness (QED) is 0.380. The number of ether oxygens (including phenoxy) is 1. The van der Waals surface area contributed by atoms with Crippen molar-refractivity contribution in [3.05, 3.63) is 51.6 Å². The second kappa shape index (κ2) is 4.62. The Hall–Kier alpha value is -2.75. The minimum atomic E-state index is -0.367. The summed E-state index contributed by atoms with van der Waals surface area (Å²) in [6, 6.07) is 7.52. The standard InChI is InChI=1S/C19H16O4/c1-9-11(3)22-17-10(2)18-15(8-14(9)17)13-6-5-12(21-4)7-16(13)19(20)23-18/h5-8H,1-4H3. The van der Waals surface area contributed by atoms with E-state index >= 15 is 0 Å². The molecule has 0 aliphatic carbocycles. The Morgan fingerprint density at radius 1 is 0.826 bits per heavy atom. The highest BCUT2D eigenvalue weighted by Crippen LogP contribution is 2.35. The molecule has 0 saturated carbocycles. The monoisotopic (exact) mass is 308 g/mol. The lowest BCUT2D eigenvalue weighted by atomic mass is 10.0. The van der Waals surface area contributed by atoms with Crippen molar-refractivity contribution in [2.45, 2.75) is 20.8 Å². The molecule has 0 aliphatic heterocycles. The number of benzene rings is 2. The molecule has 0 saturated heterocycles. The Kier molecular flexibility index (Phi) is 2.79. The first-order valence-corrected chi connectivity index (χ1v) is 7.45. The van der Waals surface area contributed by atoms with Crippen LogP contribution in [-0.4, -0.2) is 7.11 Å². The van der Waals surface area contributed by atoms with Gasteiger partial charge in [-0.1, -0.05) is 0 Å². The molecule has 0 atom stereocenters. The van der Waals surface area contributed by atoms with Crippen molar-refractivity contribution in [3.63, 3.8) is 0 Å². The highest BCUT2D eigenvalue weighted by molar-refractivity contribution is 6.11. The normalized spacial score (nSPS) is 11.7. The fourth-order valence-corrected chi connectivity index (χ4v) is 3.15. The molecule has 0 fully saturated rings. The Morgan fingerprint density at radius 3 is 2.30 bits per heavy atom. The maximum atomic E-state index is 12.4. The van der Waals surface area contributed by atoms with E-state index in [0.29, 0.717) is 16.7 Å². The van der Waals surface area contributed by atoms with E-state index in [-0.39, 0.29) is 5.63 Å². The molecule has 2 aromatic heterocycles. The molecule has 0 N–H and O–H groups in total. The Labute approximate surface area is 132 Å². The van der Waals surface area contributed by atoms with Gasteiger partial charge in [0.15, 0.2) is 0 Å². The molecular formula is C19H16O4. The minimum absolute atomic E-state index is 0.367. The van der Waals surface area contributed by atoms with Gasteiger partial charge in [-0.2, -0.15) is 0 Å². The zero-order valence-corrected chi connectivity index (χ0v) is 13.4. The average Bonchev–Trinajstić information content (AvgIpc) is 2.84. The van der Waals surface area contributed by atoms with Gasteiger partial charge >= 0.3 is 5.63 Å². The third-order valence-corrected chi connectivity index (χ3v) is 4.58. The lowest BCUT2D eigenvalue weighted by Gasteiger charge is -2.07. The molecule has 0 aliphatic rings. The lowest BCUT2D eigenvalue weighted by molar-refractivity contribution is 0.415. The molecule has 4 aromatic rings. The summed E-state index contributed by atoms with van der Waals surface area (Å²) in [4.78, 5) is 12.4. The number of furan rings is 1. The molecule has 116 valence electrons. The molecule has 2 aromatic carbocycles. The first-order chi connectivity index (χ1) is 11.0. The second-order valence-electron chi connectivity index (χ2n) is 5.84. The van der Waals surface area contributed by atoms with Crippen molar-refractivity contribution in [1.82, 2.24) is 0 Å². The van der Waals surface area contributed by atoms with Crippen LogP contribution in [0.4, 0.5) is 0 Å². The minimum Gasteiger partial charge on any atom is -0.497 e. The van der Waals surface area contributed by atoms with E-state index in [1.54, 1.807) is 13.2 Å². The number of fused-ring (bicyclic) bond motifs is 4. The molecule has 23 heavy (non-hydrogen) atoms. The molecule has 0 radical (unpaired) electrons. The zero-order chi connectivity index (χ0) is 16.3. The SMILES string of the molecule is COc1ccc2c(c1)c(=O)oc1c(C)c3oc(C)c(C)c3cc12. The van der Waals surface area contributed by atoms with Gasteiger partial charge in [0, 0.05) is 21.7 Å². The zero-order valence-electron chi connectivity index (χ0n) is 13.4. The number of methoxy groups -OCH3 is 1. The number of rotatable bonds is 1. The van der Waals surface area contributed by atoms with Gasteiger partial charge in [0.05, 0.1) is 12.5 Å². The Morgan fingerprint density at radius 2 is 1.57 bits per heavy atom.